The van der Waals surface area contributed by atoms with Crippen molar-refractivity contribution in [2.45, 2.75) is 19.8 Å². The first-order chi connectivity index (χ1) is 15.8. The second-order valence-corrected chi connectivity index (χ2v) is 8.47. The molecule has 2 aromatic heterocycles. The first-order valence-electron chi connectivity index (χ1n) is 9.98. The van der Waals surface area contributed by atoms with Crippen LogP contribution in [-0.2, 0) is 9.53 Å². The van der Waals surface area contributed by atoms with E-state index in [1.807, 2.05) is 0 Å². The van der Waals surface area contributed by atoms with Crippen molar-refractivity contribution in [2.75, 3.05) is 6.61 Å². The minimum atomic E-state index is -0.659. The van der Waals surface area contributed by atoms with Crippen molar-refractivity contribution >= 4 is 44.9 Å². The summed E-state index contributed by atoms with van der Waals surface area (Å²) in [5, 5.41) is 22.2. The summed E-state index contributed by atoms with van der Waals surface area (Å²) in [6, 6.07) is 10.5. The zero-order chi connectivity index (χ0) is 23.7. The molecule has 0 aliphatic carbocycles. The molecule has 2 aromatic carbocycles. The van der Waals surface area contributed by atoms with Crippen molar-refractivity contribution in [1.29, 1.82) is 0 Å². The fourth-order valence-electron chi connectivity index (χ4n) is 3.45. The zero-order valence-corrected chi connectivity index (χ0v) is 18.9. The molecule has 7 nitrogen and oxygen atoms in total. The summed E-state index contributed by atoms with van der Waals surface area (Å²) < 4.78 is 20.4. The third kappa shape index (κ3) is 4.29. The van der Waals surface area contributed by atoms with E-state index < -0.39 is 29.2 Å². The highest BCUT2D eigenvalue weighted by atomic mass is 35.5. The van der Waals surface area contributed by atoms with Gasteiger partial charge in [-0.2, -0.15) is 0 Å². The molecule has 0 bridgehead atoms. The van der Waals surface area contributed by atoms with Crippen LogP contribution in [0, 0.1) is 5.82 Å². The predicted molar refractivity (Wildman–Crippen MR) is 123 cm³/mol. The summed E-state index contributed by atoms with van der Waals surface area (Å²) in [5.74, 6) is -2.91. The molecule has 33 heavy (non-hydrogen) atoms. The number of benzene rings is 2. The highest BCUT2D eigenvalue weighted by Gasteiger charge is 2.30. The van der Waals surface area contributed by atoms with Gasteiger partial charge in [-0.05, 0) is 48.9 Å². The van der Waals surface area contributed by atoms with E-state index in [0.717, 1.165) is 4.70 Å². The van der Waals surface area contributed by atoms with E-state index in [1.165, 1.54) is 40.2 Å². The number of hydrogen-bond acceptors (Lipinski definition) is 7. The Hall–Kier alpha value is -3.43. The molecular weight excluding hydrogens is 471 g/mol. The Morgan fingerprint density at radius 2 is 1.88 bits per heavy atom. The van der Waals surface area contributed by atoms with Gasteiger partial charge in [-0.15, -0.1) is 0 Å². The number of esters is 1. The molecule has 0 amide bonds. The molecule has 0 aliphatic heterocycles. The molecule has 2 heterocycles. The summed E-state index contributed by atoms with van der Waals surface area (Å²) in [6.07, 6.45) is -0.451. The van der Waals surface area contributed by atoms with Crippen LogP contribution in [0.1, 0.15) is 30.1 Å². The van der Waals surface area contributed by atoms with E-state index in [1.54, 1.807) is 25.1 Å². The van der Waals surface area contributed by atoms with Gasteiger partial charge in [0.05, 0.1) is 34.0 Å². The van der Waals surface area contributed by atoms with Gasteiger partial charge < -0.3 is 14.9 Å². The van der Waals surface area contributed by atoms with E-state index in [2.05, 4.69) is 4.98 Å². The molecule has 4 rings (SSSR count). The van der Waals surface area contributed by atoms with E-state index in [-0.39, 0.29) is 35.8 Å². The van der Waals surface area contributed by atoms with E-state index in [0.29, 0.717) is 16.1 Å². The third-order valence-corrected chi connectivity index (χ3v) is 6.24. The van der Waals surface area contributed by atoms with Gasteiger partial charge in [-0.1, -0.05) is 29.0 Å². The van der Waals surface area contributed by atoms with E-state index in [9.17, 15) is 24.2 Å². The maximum absolute atomic E-state index is 13.6. The Morgan fingerprint density at radius 1 is 1.15 bits per heavy atom. The molecule has 0 spiro atoms. The lowest BCUT2D eigenvalue weighted by atomic mass is 10.0. The molecular formula is C23H18ClFN2O5S. The van der Waals surface area contributed by atoms with Crippen LogP contribution in [0.4, 0.5) is 4.39 Å². The molecule has 170 valence electrons. The highest BCUT2D eigenvalue weighted by Crippen LogP contribution is 2.45. The molecule has 0 unspecified atom stereocenters. The number of aromatic hydroxyl groups is 2. The molecule has 0 radical (unpaired) electrons. The van der Waals surface area contributed by atoms with Crippen LogP contribution in [0.25, 0.3) is 26.6 Å². The molecule has 4 aromatic rings. The summed E-state index contributed by atoms with van der Waals surface area (Å²) in [7, 11) is 0. The van der Waals surface area contributed by atoms with Crippen LogP contribution < -0.4 is 0 Å². The monoisotopic (exact) mass is 488 g/mol. The van der Waals surface area contributed by atoms with Crippen LogP contribution >= 0.6 is 22.9 Å². The third-order valence-electron chi connectivity index (χ3n) is 4.93. The second-order valence-electron chi connectivity index (χ2n) is 7.05. The number of Topliss-reactive ketones (excluding diaryl/α,β-unsaturated/α-hetero) is 1. The van der Waals surface area contributed by atoms with E-state index in [4.69, 9.17) is 16.3 Å². The van der Waals surface area contributed by atoms with Gasteiger partial charge in [0.25, 0.3) is 0 Å². The van der Waals surface area contributed by atoms with Crippen LogP contribution in [0.3, 0.4) is 0 Å². The average Bonchev–Trinajstić information content (AvgIpc) is 3.33. The second kappa shape index (κ2) is 9.21. The Morgan fingerprint density at radius 3 is 2.55 bits per heavy atom. The lowest BCUT2D eigenvalue weighted by Gasteiger charge is -2.09. The van der Waals surface area contributed by atoms with E-state index >= 15 is 0 Å². The quantitative estimate of drug-likeness (QED) is 0.264. The number of carbonyl (C=O) groups excluding carboxylic acids is 2. The number of halogens is 2. The molecule has 0 aliphatic rings. The van der Waals surface area contributed by atoms with Gasteiger partial charge in [-0.25, -0.2) is 9.37 Å². The van der Waals surface area contributed by atoms with Crippen LogP contribution in [0.5, 0.6) is 11.6 Å². The lowest BCUT2D eigenvalue weighted by Crippen LogP contribution is -2.09. The molecule has 0 saturated carbocycles. The predicted octanol–water partition coefficient (Wildman–Crippen LogP) is 5.48. The van der Waals surface area contributed by atoms with Crippen molar-refractivity contribution in [2.24, 2.45) is 0 Å². The average molecular weight is 489 g/mol. The van der Waals surface area contributed by atoms with Crippen molar-refractivity contribution < 1.29 is 28.9 Å². The number of fused-ring (bicyclic) bond motifs is 1. The Labute approximate surface area is 196 Å². The first-order valence-corrected chi connectivity index (χ1v) is 11.2. The van der Waals surface area contributed by atoms with Crippen molar-refractivity contribution in [1.82, 2.24) is 9.55 Å². The largest absolute Gasteiger partial charge is 0.503 e. The minimum Gasteiger partial charge on any atom is -0.503 e. The van der Waals surface area contributed by atoms with Gasteiger partial charge in [0.15, 0.2) is 16.7 Å². The zero-order valence-electron chi connectivity index (χ0n) is 17.3. The normalized spacial score (nSPS) is 11.1. The van der Waals surface area contributed by atoms with Gasteiger partial charge >= 0.3 is 5.97 Å². The Balaban J connectivity index is 1.90. The summed E-state index contributed by atoms with van der Waals surface area (Å²) in [6.45, 7) is 1.83. The number of ketones is 1. The molecule has 10 heteroatoms. The van der Waals surface area contributed by atoms with Gasteiger partial charge in [0, 0.05) is 6.42 Å². The fourth-order valence-corrected chi connectivity index (χ4v) is 4.73. The molecule has 0 fully saturated rings. The molecule has 0 saturated heterocycles. The standard InChI is InChI=1S/C23H18ClFN2O5S/c1-2-32-17(29)11-10-15(28)18-20(12-6-8-13(25)9-7-12)27(22(31)21(18)30)23-26-19-14(24)4-3-5-16(19)33-23/h3-9,30-31H,2,10-11H2,1H3. The van der Waals surface area contributed by atoms with Gasteiger partial charge in [0.1, 0.15) is 11.3 Å². The summed E-state index contributed by atoms with van der Waals surface area (Å²) >= 11 is 7.42. The first kappa shape index (κ1) is 22.8. The summed E-state index contributed by atoms with van der Waals surface area (Å²) in [5.41, 5.74) is 0.770. The Kier molecular flexibility index (Phi) is 6.35. The lowest BCUT2D eigenvalue weighted by molar-refractivity contribution is -0.143. The van der Waals surface area contributed by atoms with Crippen molar-refractivity contribution in [3.8, 4) is 28.0 Å². The number of aromatic nitrogens is 2. The fraction of sp³-hybridized carbons (Fsp3) is 0.174. The van der Waals surface area contributed by atoms with Crippen molar-refractivity contribution in [3.05, 3.63) is 58.9 Å². The maximum Gasteiger partial charge on any atom is 0.306 e. The van der Waals surface area contributed by atoms with Gasteiger partial charge in [-0.3, -0.25) is 14.2 Å². The van der Waals surface area contributed by atoms with Crippen molar-refractivity contribution in [3.63, 3.8) is 0 Å². The summed E-state index contributed by atoms with van der Waals surface area (Å²) in [4.78, 5) is 29.3. The van der Waals surface area contributed by atoms with Crippen LogP contribution in [0.15, 0.2) is 42.5 Å². The van der Waals surface area contributed by atoms with Crippen LogP contribution in [-0.4, -0.2) is 38.1 Å². The topological polar surface area (TPSA) is 102 Å². The maximum atomic E-state index is 13.6. The Bertz CT molecular complexity index is 1360. The van der Waals surface area contributed by atoms with Crippen LogP contribution in [0.2, 0.25) is 5.02 Å². The number of hydrogen-bond donors (Lipinski definition) is 2. The molecule has 2 N–H and O–H groups in total. The van der Waals surface area contributed by atoms with Gasteiger partial charge in [0.2, 0.25) is 5.88 Å². The number of nitrogens with zero attached hydrogens (tertiary/aromatic N) is 2. The number of carbonyl (C=O) groups is 2. The number of rotatable bonds is 7. The highest BCUT2D eigenvalue weighted by molar-refractivity contribution is 7.21. The smallest absolute Gasteiger partial charge is 0.306 e. The molecule has 0 atom stereocenters. The minimum absolute atomic E-state index is 0.119. The number of thiazole rings is 1. The number of ether oxygens (including phenoxy) is 1. The SMILES string of the molecule is CCOC(=O)CCC(=O)c1c(O)c(O)n(-c2nc3c(Cl)cccc3s2)c1-c1ccc(F)cc1. The number of para-hydroxylation sites is 1.